The molecule has 0 saturated carbocycles. The van der Waals surface area contributed by atoms with Crippen molar-refractivity contribution in [3.05, 3.63) is 94.8 Å². The van der Waals surface area contributed by atoms with Crippen molar-refractivity contribution in [2.45, 2.75) is 25.7 Å². The Morgan fingerprint density at radius 1 is 0.879 bits per heavy atom. The van der Waals surface area contributed by atoms with E-state index >= 15 is 0 Å². The molecule has 0 radical (unpaired) electrons. The van der Waals surface area contributed by atoms with Crippen LogP contribution < -0.4 is 9.08 Å². The lowest BCUT2D eigenvalue weighted by Gasteiger charge is -2.32. The van der Waals surface area contributed by atoms with E-state index in [4.69, 9.17) is 9.17 Å². The molecular weight excluding hydrogens is 436 g/mol. The maximum Gasteiger partial charge on any atom is 0.448 e. The molecule has 5 rings (SSSR count). The number of benzene rings is 2. The van der Waals surface area contributed by atoms with Crippen LogP contribution in [0.25, 0.3) is 5.57 Å². The number of hydrogen-bond donors (Lipinski definition) is 0. The van der Waals surface area contributed by atoms with Crippen LogP contribution in [0.2, 0.25) is 0 Å². The second kappa shape index (κ2) is 9.00. The summed E-state index contributed by atoms with van der Waals surface area (Å²) in [7, 11) is -2.97. The summed E-state index contributed by atoms with van der Waals surface area (Å²) in [5.41, 5.74) is 8.26. The van der Waals surface area contributed by atoms with E-state index in [1.807, 2.05) is 30.5 Å². The molecule has 0 unspecified atom stereocenters. The number of nitrogens with zero attached hydrogens (tertiary/aromatic N) is 2. The number of anilines is 1. The van der Waals surface area contributed by atoms with E-state index in [9.17, 15) is 8.42 Å². The van der Waals surface area contributed by atoms with Crippen LogP contribution in [0.4, 0.5) is 5.69 Å². The molecule has 0 spiro atoms. The standard InChI is InChI=1S/C26H26N2O4S/c1-31-33(29,30)32-23-11-12-24-21(18-23)10-9-20-6-5-15-27-26(20)25(24)19-13-16-28(17-14-19)22-7-3-2-4-8-22/h2-8,11-12,15,18H,9-10,13-14,16-17H2,1H3. The molecule has 2 aliphatic rings. The Kier molecular flexibility index (Phi) is 5.91. The minimum atomic E-state index is -4.06. The Balaban J connectivity index is 1.54. The van der Waals surface area contributed by atoms with Gasteiger partial charge in [-0.3, -0.25) is 4.98 Å². The molecule has 2 aromatic carbocycles. The SMILES string of the molecule is COS(=O)(=O)Oc1ccc2c(c1)CCc1cccnc1C2=C1CCN(c2ccccc2)CC1. The van der Waals surface area contributed by atoms with Crippen LogP contribution >= 0.6 is 0 Å². The van der Waals surface area contributed by atoms with Crippen LogP contribution in [-0.2, 0) is 27.4 Å². The molecule has 0 N–H and O–H groups in total. The average Bonchev–Trinajstić information content (AvgIpc) is 3.01. The fraction of sp³-hybridized carbons (Fsp3) is 0.269. The van der Waals surface area contributed by atoms with Crippen LogP contribution in [0.1, 0.15) is 35.2 Å². The Bertz CT molecular complexity index is 1290. The Morgan fingerprint density at radius 3 is 2.39 bits per heavy atom. The largest absolute Gasteiger partial charge is 0.448 e. The first kappa shape index (κ1) is 21.7. The van der Waals surface area contributed by atoms with Crippen molar-refractivity contribution in [1.82, 2.24) is 4.98 Å². The molecule has 0 amide bonds. The van der Waals surface area contributed by atoms with Crippen molar-refractivity contribution in [2.75, 3.05) is 25.1 Å². The monoisotopic (exact) mass is 462 g/mol. The van der Waals surface area contributed by atoms with Gasteiger partial charge in [-0.2, -0.15) is 8.42 Å². The summed E-state index contributed by atoms with van der Waals surface area (Å²) >= 11 is 0. The van der Waals surface area contributed by atoms with E-state index in [-0.39, 0.29) is 5.75 Å². The molecule has 1 fully saturated rings. The summed E-state index contributed by atoms with van der Waals surface area (Å²) in [5, 5.41) is 0. The normalized spacial score (nSPS) is 16.1. The van der Waals surface area contributed by atoms with Gasteiger partial charge in [-0.1, -0.05) is 35.9 Å². The second-order valence-electron chi connectivity index (χ2n) is 8.29. The highest BCUT2D eigenvalue weighted by Gasteiger charge is 2.26. The molecule has 1 aromatic heterocycles. The molecule has 3 aromatic rings. The molecule has 0 atom stereocenters. The molecule has 2 heterocycles. The van der Waals surface area contributed by atoms with Gasteiger partial charge in [-0.05, 0) is 72.7 Å². The van der Waals surface area contributed by atoms with E-state index in [2.05, 4.69) is 39.4 Å². The highest BCUT2D eigenvalue weighted by atomic mass is 32.3. The van der Waals surface area contributed by atoms with Crippen LogP contribution in [0, 0.1) is 0 Å². The van der Waals surface area contributed by atoms with Crippen molar-refractivity contribution in [3.63, 3.8) is 0 Å². The topological polar surface area (TPSA) is 68.7 Å². The van der Waals surface area contributed by atoms with Crippen molar-refractivity contribution >= 4 is 21.7 Å². The minimum absolute atomic E-state index is 0.262. The number of aromatic nitrogens is 1. The molecule has 1 aliphatic heterocycles. The number of hydrogen-bond acceptors (Lipinski definition) is 6. The first-order chi connectivity index (χ1) is 16.0. The smallest absolute Gasteiger partial charge is 0.371 e. The summed E-state index contributed by atoms with van der Waals surface area (Å²) in [6, 6.07) is 20.1. The Hall–Kier alpha value is -3.16. The quantitative estimate of drug-likeness (QED) is 0.567. The van der Waals surface area contributed by atoms with Crippen LogP contribution in [-0.4, -0.2) is 33.6 Å². The third-order valence-corrected chi connectivity index (χ3v) is 7.19. The van der Waals surface area contributed by atoms with Crippen molar-refractivity contribution in [2.24, 2.45) is 0 Å². The number of para-hydroxylation sites is 1. The predicted molar refractivity (Wildman–Crippen MR) is 129 cm³/mol. The summed E-state index contributed by atoms with van der Waals surface area (Å²) in [6.07, 6.45) is 5.38. The zero-order valence-electron chi connectivity index (χ0n) is 18.5. The molecule has 7 heteroatoms. The van der Waals surface area contributed by atoms with E-state index < -0.39 is 10.4 Å². The van der Waals surface area contributed by atoms with Gasteiger partial charge < -0.3 is 9.08 Å². The van der Waals surface area contributed by atoms with Crippen molar-refractivity contribution in [3.8, 4) is 5.75 Å². The fourth-order valence-corrected chi connectivity index (χ4v) is 5.18. The van der Waals surface area contributed by atoms with Crippen LogP contribution in [0.5, 0.6) is 5.75 Å². The minimum Gasteiger partial charge on any atom is -0.371 e. The second-order valence-corrected chi connectivity index (χ2v) is 9.61. The molecule has 1 aliphatic carbocycles. The van der Waals surface area contributed by atoms with E-state index in [0.29, 0.717) is 0 Å². The van der Waals surface area contributed by atoms with Gasteiger partial charge in [0.15, 0.2) is 0 Å². The Morgan fingerprint density at radius 2 is 1.64 bits per heavy atom. The number of fused-ring (bicyclic) bond motifs is 2. The lowest BCUT2D eigenvalue weighted by atomic mass is 9.88. The highest BCUT2D eigenvalue weighted by molar-refractivity contribution is 7.82. The van der Waals surface area contributed by atoms with Gasteiger partial charge in [-0.15, -0.1) is 0 Å². The zero-order valence-corrected chi connectivity index (χ0v) is 19.3. The molecule has 33 heavy (non-hydrogen) atoms. The lowest BCUT2D eigenvalue weighted by Crippen LogP contribution is -2.31. The Labute approximate surface area is 194 Å². The molecule has 170 valence electrons. The highest BCUT2D eigenvalue weighted by Crippen LogP contribution is 2.39. The van der Waals surface area contributed by atoms with Crippen molar-refractivity contribution in [1.29, 1.82) is 0 Å². The van der Waals surface area contributed by atoms with Gasteiger partial charge in [0, 0.05) is 30.5 Å². The maximum absolute atomic E-state index is 11.8. The first-order valence-corrected chi connectivity index (χ1v) is 12.5. The third-order valence-electron chi connectivity index (χ3n) is 6.38. The molecule has 6 nitrogen and oxygen atoms in total. The number of pyridine rings is 1. The number of rotatable bonds is 4. The van der Waals surface area contributed by atoms with Gasteiger partial charge in [0.25, 0.3) is 0 Å². The molecule has 0 bridgehead atoms. The van der Waals surface area contributed by atoms with E-state index in [1.165, 1.54) is 22.4 Å². The summed E-state index contributed by atoms with van der Waals surface area (Å²) < 4.78 is 33.1. The number of aryl methyl sites for hydroxylation is 2. The maximum atomic E-state index is 11.8. The average molecular weight is 463 g/mol. The predicted octanol–water partition coefficient (Wildman–Crippen LogP) is 4.55. The molecular formula is C26H26N2O4S. The van der Waals surface area contributed by atoms with Gasteiger partial charge >= 0.3 is 10.4 Å². The molecule has 1 saturated heterocycles. The van der Waals surface area contributed by atoms with Gasteiger partial charge in [0.2, 0.25) is 0 Å². The van der Waals surface area contributed by atoms with Crippen LogP contribution in [0.15, 0.2) is 72.4 Å². The zero-order chi connectivity index (χ0) is 22.8. The van der Waals surface area contributed by atoms with E-state index in [0.717, 1.165) is 62.7 Å². The third kappa shape index (κ3) is 4.51. The van der Waals surface area contributed by atoms with Gasteiger partial charge in [0.05, 0.1) is 12.8 Å². The van der Waals surface area contributed by atoms with Gasteiger partial charge in [0.1, 0.15) is 5.75 Å². The first-order valence-electron chi connectivity index (χ1n) is 11.1. The summed E-state index contributed by atoms with van der Waals surface area (Å²) in [4.78, 5) is 7.21. The summed E-state index contributed by atoms with van der Waals surface area (Å²) in [5.74, 6) is 0.262. The van der Waals surface area contributed by atoms with E-state index in [1.54, 1.807) is 6.07 Å². The lowest BCUT2D eigenvalue weighted by molar-refractivity contribution is 0.330. The fourth-order valence-electron chi connectivity index (χ4n) is 4.77. The number of piperidine rings is 1. The van der Waals surface area contributed by atoms with Gasteiger partial charge in [-0.25, -0.2) is 4.18 Å². The van der Waals surface area contributed by atoms with Crippen LogP contribution in [0.3, 0.4) is 0 Å². The summed E-state index contributed by atoms with van der Waals surface area (Å²) in [6.45, 7) is 1.90. The van der Waals surface area contributed by atoms with Crippen molar-refractivity contribution < 1.29 is 16.8 Å².